The number of rotatable bonds is 13. The van der Waals surface area contributed by atoms with E-state index in [4.69, 9.17) is 17.7 Å². The molecular weight excluding hydrogens is 416 g/mol. The first-order chi connectivity index (χ1) is 12.8. The molecule has 0 N–H and O–H groups in total. The lowest BCUT2D eigenvalue weighted by Gasteiger charge is -2.38. The Hall–Kier alpha value is -1.41. The molecule has 0 radical (unpaired) electrons. The first-order valence-electron chi connectivity index (χ1n) is 9.11. The third-order valence-electron chi connectivity index (χ3n) is 3.33. The minimum Gasteiger partial charge on any atom is -0.437 e. The maximum atomic E-state index is 11.3. The van der Waals surface area contributed by atoms with Crippen LogP contribution in [0, 0.1) is 0 Å². The summed E-state index contributed by atoms with van der Waals surface area (Å²) in [7, 11) is -6.64. The van der Waals surface area contributed by atoms with Crippen molar-refractivity contribution in [2.45, 2.75) is 58.2 Å². The van der Waals surface area contributed by atoms with Crippen LogP contribution in [0.5, 0.6) is 0 Å². The molecule has 28 heavy (non-hydrogen) atoms. The summed E-state index contributed by atoms with van der Waals surface area (Å²) in [4.78, 5) is 22.4. The van der Waals surface area contributed by atoms with Gasteiger partial charge in [0.1, 0.15) is 6.23 Å². The Kier molecular flexibility index (Phi) is 11.6. The van der Waals surface area contributed by atoms with Gasteiger partial charge in [0.25, 0.3) is 0 Å². The second-order valence-electron chi connectivity index (χ2n) is 7.79. The van der Waals surface area contributed by atoms with Gasteiger partial charge in [0.05, 0.1) is 19.1 Å². The molecule has 0 aromatic rings. The van der Waals surface area contributed by atoms with E-state index >= 15 is 0 Å². The van der Waals surface area contributed by atoms with Crippen molar-refractivity contribution >= 4 is 37.5 Å². The van der Waals surface area contributed by atoms with Crippen molar-refractivity contribution in [1.29, 1.82) is 0 Å². The third-order valence-corrected chi connectivity index (χ3v) is 14.1. The molecular formula is C17H34O8Si3. The van der Waals surface area contributed by atoms with E-state index in [2.05, 4.69) is 35.7 Å². The Morgan fingerprint density at radius 3 is 1.82 bits per heavy atom. The molecule has 0 aliphatic rings. The van der Waals surface area contributed by atoms with Crippen molar-refractivity contribution in [3.8, 4) is 0 Å². The standard InChI is InChI=1S/C17H34O8Si3/c1-9-20-16(18)22-13-11-12-14-26(3,4)24-28(7,8)25-27(5,6)15-23-17(19)21-10-2/h9-10H,1-2,11-15H2,3-8H3. The van der Waals surface area contributed by atoms with Crippen LogP contribution in [0.2, 0.25) is 45.3 Å². The molecule has 0 atom stereocenters. The monoisotopic (exact) mass is 450 g/mol. The Balaban J connectivity index is 4.38. The third kappa shape index (κ3) is 13.7. The first kappa shape index (κ1) is 26.6. The maximum absolute atomic E-state index is 11.3. The van der Waals surface area contributed by atoms with Crippen molar-refractivity contribution in [3.05, 3.63) is 25.7 Å². The fourth-order valence-corrected chi connectivity index (χ4v) is 16.1. The van der Waals surface area contributed by atoms with Crippen LogP contribution in [-0.2, 0) is 27.2 Å². The van der Waals surface area contributed by atoms with Crippen molar-refractivity contribution in [2.24, 2.45) is 0 Å². The van der Waals surface area contributed by atoms with Crippen LogP contribution in [0.15, 0.2) is 25.7 Å². The van der Waals surface area contributed by atoms with Crippen molar-refractivity contribution in [1.82, 2.24) is 0 Å². The van der Waals surface area contributed by atoms with E-state index in [-0.39, 0.29) is 6.23 Å². The number of hydrogen-bond acceptors (Lipinski definition) is 8. The lowest BCUT2D eigenvalue weighted by Crippen LogP contribution is -2.54. The minimum atomic E-state index is -2.41. The molecule has 0 aliphatic heterocycles. The summed E-state index contributed by atoms with van der Waals surface area (Å²) in [5, 5.41) is 0. The minimum absolute atomic E-state index is 0.180. The van der Waals surface area contributed by atoms with Gasteiger partial charge in [-0.25, -0.2) is 9.59 Å². The van der Waals surface area contributed by atoms with Gasteiger partial charge in [-0.3, -0.25) is 0 Å². The molecule has 0 spiro atoms. The quantitative estimate of drug-likeness (QED) is 0.167. The summed E-state index contributed by atoms with van der Waals surface area (Å²) in [5.41, 5.74) is 0. The van der Waals surface area contributed by atoms with Gasteiger partial charge in [0.15, 0.2) is 8.32 Å². The molecule has 0 saturated heterocycles. The largest absolute Gasteiger partial charge is 0.513 e. The van der Waals surface area contributed by atoms with Crippen LogP contribution in [0.25, 0.3) is 0 Å². The van der Waals surface area contributed by atoms with E-state index in [9.17, 15) is 9.59 Å². The summed E-state index contributed by atoms with van der Waals surface area (Å²) >= 11 is 0. The second kappa shape index (κ2) is 12.2. The molecule has 0 saturated carbocycles. The zero-order valence-electron chi connectivity index (χ0n) is 17.9. The Morgan fingerprint density at radius 1 is 0.786 bits per heavy atom. The molecule has 0 aromatic heterocycles. The lowest BCUT2D eigenvalue weighted by molar-refractivity contribution is 0.0837. The molecule has 0 aliphatic carbocycles. The van der Waals surface area contributed by atoms with Crippen LogP contribution in [0.3, 0.4) is 0 Å². The molecule has 0 fully saturated rings. The highest BCUT2D eigenvalue weighted by molar-refractivity contribution is 6.87. The maximum Gasteiger partial charge on any atom is 0.513 e. The molecule has 0 unspecified atom stereocenters. The first-order valence-corrected chi connectivity index (χ1v) is 18.2. The predicted octanol–water partition coefficient (Wildman–Crippen LogP) is 5.04. The van der Waals surface area contributed by atoms with Crippen LogP contribution >= 0.6 is 0 Å². The molecule has 0 amide bonds. The van der Waals surface area contributed by atoms with E-state index < -0.39 is 37.5 Å². The highest BCUT2D eigenvalue weighted by Crippen LogP contribution is 2.24. The number of unbranched alkanes of at least 4 members (excludes halogenated alkanes) is 1. The van der Waals surface area contributed by atoms with Gasteiger partial charge in [-0.15, -0.1) is 0 Å². The summed E-state index contributed by atoms with van der Waals surface area (Å²) in [6, 6.07) is 0.913. The average Bonchev–Trinajstić information content (AvgIpc) is 2.51. The smallest absolute Gasteiger partial charge is 0.437 e. The lowest BCUT2D eigenvalue weighted by atomic mass is 10.4. The Morgan fingerprint density at radius 2 is 1.29 bits per heavy atom. The highest BCUT2D eigenvalue weighted by Gasteiger charge is 2.40. The van der Waals surface area contributed by atoms with E-state index in [1.807, 2.05) is 26.2 Å². The molecule has 0 rings (SSSR count). The average molecular weight is 451 g/mol. The summed E-state index contributed by atoms with van der Waals surface area (Å²) in [5.74, 6) is 0. The SMILES string of the molecule is C=COC(=O)OCCCC[Si](C)(C)O[Si](C)(C)O[Si](C)(C)COC(=O)OC=C. The number of carbonyl (C=O) groups excluding carboxylic acids is 2. The number of ether oxygens (including phenoxy) is 4. The van der Waals surface area contributed by atoms with Gasteiger partial charge < -0.3 is 27.2 Å². The predicted molar refractivity (Wildman–Crippen MR) is 114 cm³/mol. The van der Waals surface area contributed by atoms with E-state index in [1.54, 1.807) is 0 Å². The number of hydrogen-bond donors (Lipinski definition) is 0. The van der Waals surface area contributed by atoms with E-state index in [1.165, 1.54) is 0 Å². The second-order valence-corrected chi connectivity index (χ2v) is 20.0. The van der Waals surface area contributed by atoms with Crippen LogP contribution in [0.1, 0.15) is 12.8 Å². The number of carbonyl (C=O) groups is 2. The fourth-order valence-electron chi connectivity index (χ4n) is 2.68. The molecule has 0 bridgehead atoms. The molecule has 162 valence electrons. The summed E-state index contributed by atoms with van der Waals surface area (Å²) in [6.07, 6.45) is 2.33. The fraction of sp³-hybridized carbons (Fsp3) is 0.647. The summed E-state index contributed by atoms with van der Waals surface area (Å²) < 4.78 is 31.8. The Labute approximate surface area is 171 Å². The molecule has 0 aromatic carbocycles. The van der Waals surface area contributed by atoms with Gasteiger partial charge in [0, 0.05) is 0 Å². The van der Waals surface area contributed by atoms with Crippen molar-refractivity contribution in [3.63, 3.8) is 0 Å². The van der Waals surface area contributed by atoms with Crippen LogP contribution in [-0.4, -0.2) is 50.3 Å². The van der Waals surface area contributed by atoms with Crippen LogP contribution in [0.4, 0.5) is 9.59 Å². The van der Waals surface area contributed by atoms with E-state index in [0.717, 1.165) is 31.4 Å². The van der Waals surface area contributed by atoms with Gasteiger partial charge in [0.2, 0.25) is 8.32 Å². The van der Waals surface area contributed by atoms with Crippen LogP contribution < -0.4 is 0 Å². The normalized spacial score (nSPS) is 12.1. The molecule has 8 nitrogen and oxygen atoms in total. The van der Waals surface area contributed by atoms with E-state index in [0.29, 0.717) is 6.61 Å². The van der Waals surface area contributed by atoms with Crippen molar-refractivity contribution in [2.75, 3.05) is 12.8 Å². The Bertz CT molecular complexity index is 534. The topological polar surface area (TPSA) is 89.5 Å². The zero-order chi connectivity index (χ0) is 21.8. The summed E-state index contributed by atoms with van der Waals surface area (Å²) in [6.45, 7) is 19.1. The van der Waals surface area contributed by atoms with Gasteiger partial charge in [-0.05, 0) is 51.7 Å². The van der Waals surface area contributed by atoms with Gasteiger partial charge in [-0.2, -0.15) is 0 Å². The van der Waals surface area contributed by atoms with Crippen molar-refractivity contribution < 1.29 is 36.8 Å². The highest BCUT2D eigenvalue weighted by atomic mass is 28.5. The molecule has 0 heterocycles. The molecule has 11 heteroatoms. The van der Waals surface area contributed by atoms with Gasteiger partial charge >= 0.3 is 20.9 Å². The zero-order valence-corrected chi connectivity index (χ0v) is 20.9. The van der Waals surface area contributed by atoms with Gasteiger partial charge in [-0.1, -0.05) is 19.6 Å².